The summed E-state index contributed by atoms with van der Waals surface area (Å²) in [7, 11) is 1.30. The van der Waals surface area contributed by atoms with Crippen molar-refractivity contribution in [2.75, 3.05) is 7.05 Å². The summed E-state index contributed by atoms with van der Waals surface area (Å²) >= 11 is 0. The van der Waals surface area contributed by atoms with Gasteiger partial charge in [-0.25, -0.2) is 0 Å². The summed E-state index contributed by atoms with van der Waals surface area (Å²) in [6.07, 6.45) is 2.80. The maximum Gasteiger partial charge on any atom is 0.246 e. The van der Waals surface area contributed by atoms with Crippen LogP contribution in [0.2, 0.25) is 0 Å². The molecular weight excluding hydrogens is 174 g/mol. The Balaban J connectivity index is 4.54. The largest absolute Gasteiger partial charge is 0.628 e. The van der Waals surface area contributed by atoms with E-state index in [1.165, 1.54) is 19.2 Å². The maximum atomic E-state index is 10.6. The number of nitrogens with one attached hydrogen (secondary N) is 1. The number of allylic oxidation sites excluding steroid dienone is 3. The lowest BCUT2D eigenvalue weighted by Crippen LogP contribution is -3.03. The van der Waals surface area contributed by atoms with E-state index in [9.17, 15) is 15.3 Å². The van der Waals surface area contributed by atoms with Crippen molar-refractivity contribution in [3.05, 3.63) is 39.0 Å². The Labute approximate surface area is 76.1 Å². The molecule has 0 aromatic heterocycles. The zero-order valence-electron chi connectivity index (χ0n) is 7.61. The molecule has 0 aromatic rings. The molecular formula is C7H13N3O3. The van der Waals surface area contributed by atoms with Gasteiger partial charge in [-0.3, -0.25) is 10.1 Å². The first-order valence-electron chi connectivity index (χ1n) is 3.80. The van der Waals surface area contributed by atoms with Gasteiger partial charge in [0.2, 0.25) is 5.70 Å². The Morgan fingerprint density at radius 1 is 1.62 bits per heavy atom. The number of quaternary nitrogens is 1. The zero-order chi connectivity index (χ0) is 10.4. The summed E-state index contributed by atoms with van der Waals surface area (Å²) in [6.45, 7) is 1.66. The van der Waals surface area contributed by atoms with Gasteiger partial charge in [-0.05, 0) is 0 Å². The summed E-state index contributed by atoms with van der Waals surface area (Å²) in [5.74, 6) is 0.0211. The Bertz CT molecular complexity index is 245. The third-order valence-corrected chi connectivity index (χ3v) is 1.46. The second kappa shape index (κ2) is 5.28. The zero-order valence-corrected chi connectivity index (χ0v) is 7.61. The molecule has 0 aliphatic carbocycles. The van der Waals surface area contributed by atoms with Crippen molar-refractivity contribution in [3.63, 3.8) is 0 Å². The molecule has 0 saturated heterocycles. The number of nitrogens with zero attached hydrogens (tertiary/aromatic N) is 1. The Kier molecular flexibility index (Phi) is 4.71. The Morgan fingerprint density at radius 3 is 2.46 bits per heavy atom. The van der Waals surface area contributed by atoms with E-state index < -0.39 is 4.92 Å². The highest BCUT2D eigenvalue weighted by atomic mass is 16.6. The molecule has 0 fully saturated rings. The van der Waals surface area contributed by atoms with Gasteiger partial charge in [0.15, 0.2) is 5.82 Å². The van der Waals surface area contributed by atoms with Crippen LogP contribution in [0.1, 0.15) is 13.3 Å². The van der Waals surface area contributed by atoms with Crippen molar-refractivity contribution < 1.29 is 9.99 Å². The lowest BCUT2D eigenvalue weighted by Gasteiger charge is -2.13. The van der Waals surface area contributed by atoms with Gasteiger partial charge in [0.05, 0.1) is 12.0 Å². The number of rotatable bonds is 4. The molecule has 0 bridgehead atoms. The van der Waals surface area contributed by atoms with E-state index in [0.717, 1.165) is 0 Å². The lowest BCUT2D eigenvalue weighted by atomic mass is 10.3. The molecule has 0 spiro atoms. The smallest absolute Gasteiger partial charge is 0.246 e. The molecule has 1 unspecified atom stereocenters. The summed E-state index contributed by atoms with van der Waals surface area (Å²) in [5, 5.41) is 20.6. The van der Waals surface area contributed by atoms with Crippen LogP contribution in [0.3, 0.4) is 0 Å². The molecule has 0 aromatic carbocycles. The lowest BCUT2D eigenvalue weighted by molar-refractivity contribution is -0.783. The highest BCUT2D eigenvalue weighted by Gasteiger charge is 2.05. The van der Waals surface area contributed by atoms with E-state index in [1.807, 2.05) is 0 Å². The fourth-order valence-electron chi connectivity index (χ4n) is 0.611. The normalized spacial score (nSPS) is 15.6. The van der Waals surface area contributed by atoms with Crippen molar-refractivity contribution in [2.24, 2.45) is 5.73 Å². The van der Waals surface area contributed by atoms with Crippen LogP contribution in [-0.4, -0.2) is 12.0 Å². The summed E-state index contributed by atoms with van der Waals surface area (Å²) < 4.78 is 0. The first-order valence-corrected chi connectivity index (χ1v) is 3.80. The first-order chi connectivity index (χ1) is 5.99. The summed E-state index contributed by atoms with van der Waals surface area (Å²) in [6, 6.07) is 0. The second-order valence-corrected chi connectivity index (χ2v) is 2.45. The van der Waals surface area contributed by atoms with Gasteiger partial charge < -0.3 is 16.0 Å². The van der Waals surface area contributed by atoms with Crippen molar-refractivity contribution >= 4 is 0 Å². The summed E-state index contributed by atoms with van der Waals surface area (Å²) in [5.41, 5.74) is 5.30. The molecule has 6 nitrogen and oxygen atoms in total. The van der Waals surface area contributed by atoms with E-state index in [1.54, 1.807) is 6.92 Å². The monoisotopic (exact) mass is 187 g/mol. The van der Waals surface area contributed by atoms with Gasteiger partial charge >= 0.3 is 0 Å². The van der Waals surface area contributed by atoms with E-state index in [2.05, 4.69) is 0 Å². The molecule has 0 amide bonds. The molecule has 3 N–H and O–H groups in total. The van der Waals surface area contributed by atoms with Crippen LogP contribution in [-0.2, 0) is 0 Å². The molecule has 74 valence electrons. The molecule has 0 aliphatic rings. The molecule has 0 rings (SSSR count). The number of nitro groups is 1. The average molecular weight is 187 g/mol. The minimum atomic E-state index is -0.496. The van der Waals surface area contributed by atoms with Gasteiger partial charge in [-0.1, -0.05) is 6.92 Å². The number of hydroxylamine groups is 2. The molecule has 0 radical (unpaired) electrons. The molecule has 1 atom stereocenters. The van der Waals surface area contributed by atoms with Gasteiger partial charge in [0.1, 0.15) is 0 Å². The minimum Gasteiger partial charge on any atom is -0.628 e. The van der Waals surface area contributed by atoms with Crippen LogP contribution in [0, 0.1) is 15.3 Å². The minimum absolute atomic E-state index is 0.0211. The van der Waals surface area contributed by atoms with Crippen LogP contribution in [0.25, 0.3) is 0 Å². The Morgan fingerprint density at radius 2 is 2.15 bits per heavy atom. The highest BCUT2D eigenvalue weighted by Crippen LogP contribution is 2.00. The summed E-state index contributed by atoms with van der Waals surface area (Å²) in [4.78, 5) is 9.80. The Hall–Kier alpha value is -1.40. The van der Waals surface area contributed by atoms with Crippen LogP contribution in [0.4, 0.5) is 0 Å². The number of nitrogens with two attached hydrogens (primary N) is 1. The topological polar surface area (TPSA) is 96.7 Å². The van der Waals surface area contributed by atoms with E-state index >= 15 is 0 Å². The molecule has 6 heteroatoms. The predicted octanol–water partition coefficient (Wildman–Crippen LogP) is -0.630. The predicted molar refractivity (Wildman–Crippen MR) is 47.9 cm³/mol. The second-order valence-electron chi connectivity index (χ2n) is 2.45. The number of hydrogen-bond donors (Lipinski definition) is 2. The fourth-order valence-corrected chi connectivity index (χ4v) is 0.611. The first kappa shape index (κ1) is 11.6. The average Bonchev–Trinajstić information content (AvgIpc) is 2.04. The van der Waals surface area contributed by atoms with E-state index in [4.69, 9.17) is 5.73 Å². The van der Waals surface area contributed by atoms with Crippen LogP contribution in [0.5, 0.6) is 0 Å². The van der Waals surface area contributed by atoms with Crippen LogP contribution < -0.4 is 10.8 Å². The molecule has 0 aliphatic heterocycles. The molecule has 0 heterocycles. The van der Waals surface area contributed by atoms with Crippen molar-refractivity contribution in [2.45, 2.75) is 13.3 Å². The third kappa shape index (κ3) is 4.24. The van der Waals surface area contributed by atoms with E-state index in [-0.39, 0.29) is 16.6 Å². The standard InChI is InChI=1S/C7H13N3O3/c1-3-6(10(12)13)4-5-7(8)9(2)11/h4-5,9H,3,8H2,1-2H3/b6-4+,7-5-. The van der Waals surface area contributed by atoms with Crippen molar-refractivity contribution in [3.8, 4) is 0 Å². The molecule has 0 saturated carbocycles. The highest BCUT2D eigenvalue weighted by molar-refractivity contribution is 5.08. The van der Waals surface area contributed by atoms with Crippen LogP contribution in [0.15, 0.2) is 23.7 Å². The SMILES string of the molecule is CC/C(=C\C=C(\N)[NH+](C)[O-])[N+](=O)[O-]. The van der Waals surface area contributed by atoms with Gasteiger partial charge in [0.25, 0.3) is 0 Å². The third-order valence-electron chi connectivity index (χ3n) is 1.46. The van der Waals surface area contributed by atoms with Crippen molar-refractivity contribution in [1.82, 2.24) is 0 Å². The van der Waals surface area contributed by atoms with Gasteiger partial charge in [-0.15, -0.1) is 0 Å². The van der Waals surface area contributed by atoms with Crippen LogP contribution >= 0.6 is 0 Å². The number of hydrogen-bond acceptors (Lipinski definition) is 4. The van der Waals surface area contributed by atoms with E-state index in [0.29, 0.717) is 6.42 Å². The fraction of sp³-hybridized carbons (Fsp3) is 0.429. The van der Waals surface area contributed by atoms with Gasteiger partial charge in [-0.2, -0.15) is 0 Å². The molecule has 13 heavy (non-hydrogen) atoms. The quantitative estimate of drug-likeness (QED) is 0.348. The van der Waals surface area contributed by atoms with Gasteiger partial charge in [0, 0.05) is 18.6 Å². The van der Waals surface area contributed by atoms with Crippen molar-refractivity contribution in [1.29, 1.82) is 0 Å². The maximum absolute atomic E-state index is 10.6.